The largest absolute Gasteiger partial charge is 0.435 e. The lowest BCUT2D eigenvalue weighted by atomic mass is 9.91. The van der Waals surface area contributed by atoms with Crippen molar-refractivity contribution in [2.24, 2.45) is 17.3 Å². The Morgan fingerprint density at radius 3 is 2.39 bits per heavy atom. The predicted molar refractivity (Wildman–Crippen MR) is 97.6 cm³/mol. The van der Waals surface area contributed by atoms with Gasteiger partial charge < -0.3 is 0 Å². The fourth-order valence-corrected chi connectivity index (χ4v) is 8.42. The lowest BCUT2D eigenvalue weighted by Crippen LogP contribution is -2.50. The second-order valence-electron chi connectivity index (χ2n) is 9.72. The molecule has 2 aliphatic carbocycles. The average Bonchev–Trinajstić information content (AvgIpc) is 3.01. The predicted octanol–water partition coefficient (Wildman–Crippen LogP) is 3.10. The molecule has 5 nitrogen and oxygen atoms in total. The highest BCUT2D eigenvalue weighted by molar-refractivity contribution is 7.92. The number of aromatic nitrogens is 2. The fourth-order valence-electron chi connectivity index (χ4n) is 6.17. The number of hydrogen-bond donors (Lipinski definition) is 0. The molecule has 0 amide bonds. The topological polar surface area (TPSA) is 55.2 Å². The molecule has 5 rings (SSSR count). The van der Waals surface area contributed by atoms with Gasteiger partial charge in [0.15, 0.2) is 15.5 Å². The van der Waals surface area contributed by atoms with Crippen LogP contribution in [0.4, 0.5) is 13.2 Å². The first kappa shape index (κ1) is 18.9. The molecule has 0 unspecified atom stereocenters. The van der Waals surface area contributed by atoms with Crippen molar-refractivity contribution in [3.05, 3.63) is 17.5 Å². The number of sulfone groups is 1. The van der Waals surface area contributed by atoms with Gasteiger partial charge in [0, 0.05) is 35.7 Å². The number of fused-ring (bicyclic) bond motifs is 1. The molecule has 4 atom stereocenters. The van der Waals surface area contributed by atoms with Crippen LogP contribution in [0.3, 0.4) is 0 Å². The Morgan fingerprint density at radius 2 is 1.86 bits per heavy atom. The number of alkyl halides is 3. The number of hydrogen-bond acceptors (Lipinski definition) is 4. The molecular formula is C19H26F3N3O2S. The highest BCUT2D eigenvalue weighted by atomic mass is 32.2. The van der Waals surface area contributed by atoms with Crippen molar-refractivity contribution >= 4 is 9.84 Å². The minimum absolute atomic E-state index is 0.0249. The molecule has 1 spiro atoms. The van der Waals surface area contributed by atoms with Gasteiger partial charge in [-0.05, 0) is 57.6 Å². The van der Waals surface area contributed by atoms with Gasteiger partial charge in [-0.3, -0.25) is 9.58 Å². The molecule has 0 aromatic carbocycles. The van der Waals surface area contributed by atoms with Gasteiger partial charge in [-0.2, -0.15) is 18.3 Å². The molecule has 4 aliphatic rings. The summed E-state index contributed by atoms with van der Waals surface area (Å²) in [6.45, 7) is 5.55. The van der Waals surface area contributed by atoms with E-state index in [-0.39, 0.29) is 17.4 Å². The molecular weight excluding hydrogens is 391 g/mol. The summed E-state index contributed by atoms with van der Waals surface area (Å²) in [5, 5.41) is 3.84. The van der Waals surface area contributed by atoms with Crippen LogP contribution in [0.25, 0.3) is 0 Å². The Morgan fingerprint density at radius 1 is 1.21 bits per heavy atom. The standard InChI is InChI=1S/C19H26F3N3O2S/c1-11(2)25-15(7-16(23-25)19(20,21)22)17-13-5-12(6-14(13)17)24-4-3-18(8-24)9-28(26,27)10-18/h7,11-14,17H,3-6,8-10H2,1-2H3/t12-,13+,14-,17-. The highest BCUT2D eigenvalue weighted by Crippen LogP contribution is 2.64. The zero-order valence-electron chi connectivity index (χ0n) is 16.1. The minimum atomic E-state index is -4.41. The van der Waals surface area contributed by atoms with E-state index in [0.29, 0.717) is 29.4 Å². The van der Waals surface area contributed by atoms with Gasteiger partial charge in [0.05, 0.1) is 11.5 Å². The average molecular weight is 417 g/mol. The summed E-state index contributed by atoms with van der Waals surface area (Å²) in [6, 6.07) is 1.61. The Hall–Kier alpha value is -1.09. The van der Waals surface area contributed by atoms with E-state index in [9.17, 15) is 21.6 Å². The van der Waals surface area contributed by atoms with Gasteiger partial charge in [0.25, 0.3) is 0 Å². The Balaban J connectivity index is 1.26. The van der Waals surface area contributed by atoms with E-state index in [0.717, 1.165) is 38.0 Å². The Bertz CT molecular complexity index is 884. The molecule has 1 aromatic heterocycles. The molecule has 4 fully saturated rings. The summed E-state index contributed by atoms with van der Waals surface area (Å²) in [7, 11) is -2.82. The van der Waals surface area contributed by atoms with Crippen LogP contribution in [0, 0.1) is 17.3 Å². The molecule has 28 heavy (non-hydrogen) atoms. The second-order valence-corrected chi connectivity index (χ2v) is 11.8. The molecule has 0 bridgehead atoms. The SMILES string of the molecule is CC(C)n1nc(C(F)(F)F)cc1[C@H]1[C@@H]2C[C@H](N3CCC4(C3)CS(=O)(=O)C4)C[C@@H]21. The minimum Gasteiger partial charge on any atom is -0.300 e. The zero-order chi connectivity index (χ0) is 20.1. The summed E-state index contributed by atoms with van der Waals surface area (Å²) in [5.74, 6) is 1.70. The first-order chi connectivity index (χ1) is 13.0. The van der Waals surface area contributed by atoms with Gasteiger partial charge >= 0.3 is 6.18 Å². The van der Waals surface area contributed by atoms with Crippen molar-refractivity contribution in [3.8, 4) is 0 Å². The van der Waals surface area contributed by atoms with Crippen LogP contribution in [-0.2, 0) is 16.0 Å². The Kier molecular flexibility index (Phi) is 3.88. The van der Waals surface area contributed by atoms with Gasteiger partial charge in [0.2, 0.25) is 0 Å². The van der Waals surface area contributed by atoms with Crippen LogP contribution in [0.5, 0.6) is 0 Å². The van der Waals surface area contributed by atoms with E-state index in [2.05, 4.69) is 10.00 Å². The zero-order valence-corrected chi connectivity index (χ0v) is 16.9. The van der Waals surface area contributed by atoms with Crippen LogP contribution in [0.2, 0.25) is 0 Å². The molecule has 1 aromatic rings. The highest BCUT2D eigenvalue weighted by Gasteiger charge is 2.61. The van der Waals surface area contributed by atoms with Gasteiger partial charge in [-0.15, -0.1) is 0 Å². The van der Waals surface area contributed by atoms with Crippen molar-refractivity contribution in [3.63, 3.8) is 0 Å². The van der Waals surface area contributed by atoms with Crippen molar-refractivity contribution in [1.82, 2.24) is 14.7 Å². The van der Waals surface area contributed by atoms with Crippen LogP contribution in [0.15, 0.2) is 6.07 Å². The third-order valence-corrected chi connectivity index (χ3v) is 9.45. The first-order valence-corrected chi connectivity index (χ1v) is 11.9. The summed E-state index contributed by atoms with van der Waals surface area (Å²) in [4.78, 5) is 2.44. The summed E-state index contributed by atoms with van der Waals surface area (Å²) >= 11 is 0. The van der Waals surface area contributed by atoms with Crippen LogP contribution >= 0.6 is 0 Å². The third-order valence-electron chi connectivity index (χ3n) is 7.34. The number of rotatable bonds is 3. The monoisotopic (exact) mass is 417 g/mol. The third kappa shape index (κ3) is 2.91. The maximum Gasteiger partial charge on any atom is 0.435 e. The van der Waals surface area contributed by atoms with E-state index in [1.807, 2.05) is 13.8 Å². The van der Waals surface area contributed by atoms with Gasteiger partial charge in [-0.25, -0.2) is 8.42 Å². The maximum absolute atomic E-state index is 13.1. The molecule has 2 saturated heterocycles. The molecule has 0 N–H and O–H groups in total. The van der Waals surface area contributed by atoms with E-state index < -0.39 is 21.7 Å². The van der Waals surface area contributed by atoms with Crippen molar-refractivity contribution in [2.45, 2.75) is 57.3 Å². The number of likely N-dealkylation sites (tertiary alicyclic amines) is 1. The first-order valence-electron chi connectivity index (χ1n) is 10.1. The quantitative estimate of drug-likeness (QED) is 0.759. The lowest BCUT2D eigenvalue weighted by Gasteiger charge is -2.38. The van der Waals surface area contributed by atoms with E-state index >= 15 is 0 Å². The van der Waals surface area contributed by atoms with Crippen molar-refractivity contribution < 1.29 is 21.6 Å². The molecule has 2 aliphatic heterocycles. The summed E-state index contributed by atoms with van der Waals surface area (Å²) < 4.78 is 64.1. The van der Waals surface area contributed by atoms with Crippen LogP contribution in [0.1, 0.15) is 56.5 Å². The van der Waals surface area contributed by atoms with Crippen molar-refractivity contribution in [1.29, 1.82) is 0 Å². The second kappa shape index (κ2) is 5.74. The van der Waals surface area contributed by atoms with Crippen molar-refractivity contribution in [2.75, 3.05) is 24.6 Å². The lowest BCUT2D eigenvalue weighted by molar-refractivity contribution is -0.141. The fraction of sp³-hybridized carbons (Fsp3) is 0.842. The smallest absolute Gasteiger partial charge is 0.300 e. The molecule has 156 valence electrons. The van der Waals surface area contributed by atoms with E-state index in [1.54, 1.807) is 4.68 Å². The van der Waals surface area contributed by atoms with Gasteiger partial charge in [-0.1, -0.05) is 0 Å². The van der Waals surface area contributed by atoms with Gasteiger partial charge in [0.1, 0.15) is 0 Å². The van der Waals surface area contributed by atoms with Crippen LogP contribution < -0.4 is 0 Å². The van der Waals surface area contributed by atoms with E-state index in [1.165, 1.54) is 6.07 Å². The molecule has 0 radical (unpaired) electrons. The summed E-state index contributed by atoms with van der Waals surface area (Å²) in [5.41, 5.74) is -0.0766. The summed E-state index contributed by atoms with van der Waals surface area (Å²) in [6.07, 6.45) is -1.45. The number of halogens is 3. The molecule has 9 heteroatoms. The Labute approximate surface area is 163 Å². The molecule has 3 heterocycles. The maximum atomic E-state index is 13.1. The number of nitrogens with zero attached hydrogens (tertiary/aromatic N) is 3. The molecule has 2 saturated carbocycles. The van der Waals surface area contributed by atoms with E-state index in [4.69, 9.17) is 0 Å². The normalized spacial score (nSPS) is 36.1. The van der Waals surface area contributed by atoms with Crippen LogP contribution in [-0.4, -0.2) is 53.7 Å².